The summed E-state index contributed by atoms with van der Waals surface area (Å²) in [6.07, 6.45) is 0. The van der Waals surface area contributed by atoms with Gasteiger partial charge in [0.15, 0.2) is 0 Å². The van der Waals surface area contributed by atoms with Crippen LogP contribution in [0.2, 0.25) is 0 Å². The van der Waals surface area contributed by atoms with Crippen LogP contribution in [0.4, 0.5) is 5.69 Å². The Morgan fingerprint density at radius 3 is 2.15 bits per heavy atom. The summed E-state index contributed by atoms with van der Waals surface area (Å²) in [5, 5.41) is 12.0. The first kappa shape index (κ1) is 9.62. The summed E-state index contributed by atoms with van der Waals surface area (Å²) in [6, 6.07) is 5.34. The van der Waals surface area contributed by atoms with Crippen LogP contribution in [0.3, 0.4) is 0 Å². The molecule has 0 aliphatic carbocycles. The third-order valence-corrected chi connectivity index (χ3v) is 1.40. The molecule has 7 heteroatoms. The van der Waals surface area contributed by atoms with E-state index in [0.29, 0.717) is 0 Å². The van der Waals surface area contributed by atoms with E-state index in [9.17, 15) is 8.42 Å². The lowest BCUT2D eigenvalue weighted by Gasteiger charge is -1.91. The number of aromatic hydroxyl groups is 1. The van der Waals surface area contributed by atoms with Crippen LogP contribution in [-0.2, 0) is 10.3 Å². The average Bonchev–Trinajstić information content (AvgIpc) is 2.02. The molecule has 0 fully saturated rings. The fraction of sp³-hybridized carbons (Fsp3) is 0. The van der Waals surface area contributed by atoms with Crippen LogP contribution >= 0.6 is 0 Å². The minimum Gasteiger partial charge on any atom is -0.508 e. The maximum Gasteiger partial charge on any atom is 0.396 e. The Hall–Kier alpha value is -1.47. The molecule has 0 saturated heterocycles. The quantitative estimate of drug-likeness (QED) is 0.557. The van der Waals surface area contributed by atoms with Gasteiger partial charge in [-0.3, -0.25) is 4.55 Å². The summed E-state index contributed by atoms with van der Waals surface area (Å²) in [5.41, 5.74) is 0.218. The number of benzene rings is 1. The second-order valence-electron chi connectivity index (χ2n) is 2.15. The zero-order valence-electron chi connectivity index (χ0n) is 6.32. The van der Waals surface area contributed by atoms with Gasteiger partial charge < -0.3 is 5.11 Å². The Bertz CT molecular complexity index is 409. The third kappa shape index (κ3) is 3.63. The second kappa shape index (κ2) is 3.50. The summed E-state index contributed by atoms with van der Waals surface area (Å²) < 4.78 is 31.1. The number of rotatable bonds is 2. The first-order valence-corrected chi connectivity index (χ1v) is 4.56. The molecule has 0 unspecified atom stereocenters. The van der Waals surface area contributed by atoms with Crippen LogP contribution in [0.25, 0.3) is 0 Å². The largest absolute Gasteiger partial charge is 0.508 e. The molecule has 0 aliphatic heterocycles. The van der Waals surface area contributed by atoms with Crippen molar-refractivity contribution in [2.24, 2.45) is 9.63 Å². The van der Waals surface area contributed by atoms with Crippen LogP contribution in [0.15, 0.2) is 33.9 Å². The Labute approximate surface area is 74.4 Å². The zero-order chi connectivity index (χ0) is 9.90. The van der Waals surface area contributed by atoms with Gasteiger partial charge in [-0.1, -0.05) is 0 Å². The molecule has 13 heavy (non-hydrogen) atoms. The number of nitrogens with zero attached hydrogens (tertiary/aromatic N) is 2. The van der Waals surface area contributed by atoms with Crippen molar-refractivity contribution in [1.29, 1.82) is 0 Å². The molecule has 1 rings (SSSR count). The fourth-order valence-electron chi connectivity index (χ4n) is 0.618. The second-order valence-corrected chi connectivity index (χ2v) is 3.20. The van der Waals surface area contributed by atoms with Crippen molar-refractivity contribution in [3.8, 4) is 5.75 Å². The molecule has 0 saturated carbocycles. The molecule has 0 bridgehead atoms. The fourth-order valence-corrected chi connectivity index (χ4v) is 0.815. The Kier molecular flexibility index (Phi) is 2.59. The molecule has 0 heterocycles. The van der Waals surface area contributed by atoms with Gasteiger partial charge in [-0.25, -0.2) is 0 Å². The van der Waals surface area contributed by atoms with Gasteiger partial charge >= 0.3 is 10.3 Å². The standard InChI is InChI=1S/C6H6N2O4S/c9-6-3-1-5(2-4-6)7-8-13(10,11)12/h1-4,9H,(H,10,11,12). The molecule has 0 aromatic heterocycles. The summed E-state index contributed by atoms with van der Waals surface area (Å²) >= 11 is 0. The number of hydrogen-bond acceptors (Lipinski definition) is 4. The summed E-state index contributed by atoms with van der Waals surface area (Å²) in [6.45, 7) is 0. The highest BCUT2D eigenvalue weighted by molar-refractivity contribution is 7.84. The van der Waals surface area contributed by atoms with E-state index in [0.717, 1.165) is 0 Å². The Morgan fingerprint density at radius 2 is 1.69 bits per heavy atom. The normalized spacial score (nSPS) is 12.1. The van der Waals surface area contributed by atoms with E-state index in [-0.39, 0.29) is 11.4 Å². The van der Waals surface area contributed by atoms with E-state index in [1.807, 2.05) is 0 Å². The predicted molar refractivity (Wildman–Crippen MR) is 44.2 cm³/mol. The van der Waals surface area contributed by atoms with Crippen LogP contribution in [-0.4, -0.2) is 18.1 Å². The highest BCUT2D eigenvalue weighted by atomic mass is 32.2. The highest BCUT2D eigenvalue weighted by Crippen LogP contribution is 2.17. The topological polar surface area (TPSA) is 99.3 Å². The summed E-state index contributed by atoms with van der Waals surface area (Å²) in [7, 11) is -4.44. The molecular formula is C6H6N2O4S. The van der Waals surface area contributed by atoms with Gasteiger partial charge in [-0.15, -0.1) is 5.11 Å². The maximum absolute atomic E-state index is 10.1. The minimum atomic E-state index is -4.44. The van der Waals surface area contributed by atoms with E-state index in [4.69, 9.17) is 9.66 Å². The molecule has 1 aromatic carbocycles. The van der Waals surface area contributed by atoms with Crippen molar-refractivity contribution in [2.45, 2.75) is 0 Å². The van der Waals surface area contributed by atoms with E-state index in [2.05, 4.69) is 9.63 Å². The zero-order valence-corrected chi connectivity index (χ0v) is 7.14. The lowest BCUT2D eigenvalue weighted by Crippen LogP contribution is -1.87. The van der Waals surface area contributed by atoms with Crippen molar-refractivity contribution in [2.75, 3.05) is 0 Å². The van der Waals surface area contributed by atoms with Gasteiger partial charge in [0.1, 0.15) is 5.75 Å². The first-order chi connectivity index (χ1) is 5.97. The molecule has 70 valence electrons. The molecule has 0 spiro atoms. The first-order valence-electron chi connectivity index (χ1n) is 3.17. The molecular weight excluding hydrogens is 196 g/mol. The predicted octanol–water partition coefficient (Wildman–Crippen LogP) is 1.28. The maximum atomic E-state index is 10.1. The van der Waals surface area contributed by atoms with Crippen molar-refractivity contribution < 1.29 is 18.1 Å². The van der Waals surface area contributed by atoms with Crippen molar-refractivity contribution in [1.82, 2.24) is 0 Å². The minimum absolute atomic E-state index is 0.0332. The molecule has 0 amide bonds. The number of phenolic OH excluding ortho intramolecular Hbond substituents is 1. The van der Waals surface area contributed by atoms with Gasteiger partial charge in [0, 0.05) is 0 Å². The van der Waals surface area contributed by atoms with Crippen molar-refractivity contribution >= 4 is 16.0 Å². The number of phenols is 1. The van der Waals surface area contributed by atoms with Crippen molar-refractivity contribution in [3.05, 3.63) is 24.3 Å². The van der Waals surface area contributed by atoms with Gasteiger partial charge in [0.05, 0.1) is 5.69 Å². The van der Waals surface area contributed by atoms with Crippen LogP contribution in [0, 0.1) is 0 Å². The lowest BCUT2D eigenvalue weighted by molar-refractivity contribution is 0.475. The SMILES string of the molecule is O=S(=O)(O)N=Nc1ccc(O)cc1. The third-order valence-electron chi connectivity index (χ3n) is 1.11. The summed E-state index contributed by atoms with van der Waals surface area (Å²) in [4.78, 5) is 0. The molecule has 1 aromatic rings. The molecule has 0 aliphatic rings. The van der Waals surface area contributed by atoms with Gasteiger partial charge in [0.25, 0.3) is 0 Å². The Balaban J connectivity index is 2.88. The van der Waals surface area contributed by atoms with E-state index >= 15 is 0 Å². The average molecular weight is 202 g/mol. The monoisotopic (exact) mass is 202 g/mol. The summed E-state index contributed by atoms with van der Waals surface area (Å²) in [5.74, 6) is 0.0332. The number of hydrogen-bond donors (Lipinski definition) is 2. The highest BCUT2D eigenvalue weighted by Gasteiger charge is 1.98. The van der Waals surface area contributed by atoms with Gasteiger partial charge in [-0.05, 0) is 28.8 Å². The van der Waals surface area contributed by atoms with Crippen molar-refractivity contribution in [3.63, 3.8) is 0 Å². The molecule has 0 radical (unpaired) electrons. The molecule has 0 atom stereocenters. The molecule has 6 nitrogen and oxygen atoms in total. The van der Waals surface area contributed by atoms with E-state index in [1.165, 1.54) is 24.3 Å². The van der Waals surface area contributed by atoms with Crippen LogP contribution in [0.1, 0.15) is 0 Å². The Morgan fingerprint density at radius 1 is 1.15 bits per heavy atom. The van der Waals surface area contributed by atoms with Crippen LogP contribution in [0.5, 0.6) is 5.75 Å². The molecule has 2 N–H and O–H groups in total. The smallest absolute Gasteiger partial charge is 0.396 e. The van der Waals surface area contributed by atoms with E-state index < -0.39 is 10.3 Å². The van der Waals surface area contributed by atoms with E-state index in [1.54, 1.807) is 0 Å². The van der Waals surface area contributed by atoms with Crippen LogP contribution < -0.4 is 0 Å². The lowest BCUT2D eigenvalue weighted by atomic mass is 10.3. The van der Waals surface area contributed by atoms with Gasteiger partial charge in [-0.2, -0.15) is 8.42 Å². The van der Waals surface area contributed by atoms with Gasteiger partial charge in [0.2, 0.25) is 0 Å².